The molecule has 132 valence electrons. The fourth-order valence-electron chi connectivity index (χ4n) is 2.46. The summed E-state index contributed by atoms with van der Waals surface area (Å²) in [5.74, 6) is 0.314. The minimum absolute atomic E-state index is 0.0514. The van der Waals surface area contributed by atoms with Crippen molar-refractivity contribution in [1.29, 1.82) is 0 Å². The topological polar surface area (TPSA) is 107 Å². The number of amides is 2. The Morgan fingerprint density at radius 2 is 2.12 bits per heavy atom. The van der Waals surface area contributed by atoms with Gasteiger partial charge in [0.2, 0.25) is 5.91 Å². The van der Waals surface area contributed by atoms with Gasteiger partial charge in [-0.25, -0.2) is 9.97 Å². The summed E-state index contributed by atoms with van der Waals surface area (Å²) in [6, 6.07) is 1.77. The molecule has 1 aromatic heterocycles. The molecule has 2 amide bonds. The first-order chi connectivity index (χ1) is 11.5. The van der Waals surface area contributed by atoms with Gasteiger partial charge in [-0.3, -0.25) is 9.59 Å². The van der Waals surface area contributed by atoms with Crippen molar-refractivity contribution in [2.24, 2.45) is 0 Å². The number of nitrogens with zero attached hydrogens (tertiary/aromatic N) is 3. The molecule has 2 rings (SSSR count). The minimum atomic E-state index is -0.790. The van der Waals surface area contributed by atoms with Crippen molar-refractivity contribution in [1.82, 2.24) is 20.2 Å². The smallest absolute Gasteiger partial charge is 0.270 e. The van der Waals surface area contributed by atoms with Gasteiger partial charge >= 0.3 is 0 Å². The number of anilines is 1. The molecule has 1 saturated heterocycles. The van der Waals surface area contributed by atoms with Crippen molar-refractivity contribution in [3.8, 4) is 0 Å². The van der Waals surface area contributed by atoms with Crippen LogP contribution in [0.3, 0.4) is 0 Å². The molecule has 1 aromatic rings. The van der Waals surface area contributed by atoms with E-state index < -0.39 is 12.0 Å². The van der Waals surface area contributed by atoms with E-state index in [0.29, 0.717) is 18.9 Å². The number of piperidine rings is 1. The molecule has 0 aliphatic carbocycles. The monoisotopic (exact) mass is 355 g/mol. The van der Waals surface area contributed by atoms with E-state index in [-0.39, 0.29) is 30.1 Å². The van der Waals surface area contributed by atoms with Crippen molar-refractivity contribution in [3.63, 3.8) is 0 Å². The van der Waals surface area contributed by atoms with Gasteiger partial charge in [-0.1, -0.05) is 0 Å². The zero-order valence-electron chi connectivity index (χ0n) is 13.5. The van der Waals surface area contributed by atoms with Gasteiger partial charge in [0.1, 0.15) is 17.8 Å². The number of alkyl halides is 1. The second-order valence-corrected chi connectivity index (χ2v) is 6.04. The van der Waals surface area contributed by atoms with E-state index in [1.54, 1.807) is 13.0 Å². The largest absolute Gasteiger partial charge is 0.390 e. The lowest BCUT2D eigenvalue weighted by atomic mass is 10.1. The Labute approximate surface area is 145 Å². The van der Waals surface area contributed by atoms with E-state index in [1.165, 1.54) is 6.33 Å². The fraction of sp³-hybridized carbons (Fsp3) is 0.600. The summed E-state index contributed by atoms with van der Waals surface area (Å²) in [5, 5.41) is 15.2. The highest BCUT2D eigenvalue weighted by Crippen LogP contribution is 2.15. The molecule has 1 fully saturated rings. The predicted molar refractivity (Wildman–Crippen MR) is 90.0 cm³/mol. The number of likely N-dealkylation sites (tertiary alicyclic amines) is 1. The number of nitrogens with one attached hydrogen (secondary N) is 2. The molecule has 2 heterocycles. The van der Waals surface area contributed by atoms with Crippen LogP contribution >= 0.6 is 11.6 Å². The SMILES string of the molecule is CC(=O)N1CCC(Nc2cc(C(=O)NCC(O)CCl)ncn2)CC1. The summed E-state index contributed by atoms with van der Waals surface area (Å²) in [6.07, 6.45) is 2.18. The summed E-state index contributed by atoms with van der Waals surface area (Å²) in [7, 11) is 0. The Balaban J connectivity index is 1.89. The van der Waals surface area contributed by atoms with E-state index in [2.05, 4.69) is 20.6 Å². The molecule has 0 spiro atoms. The Morgan fingerprint density at radius 3 is 2.75 bits per heavy atom. The van der Waals surface area contributed by atoms with Crippen LogP contribution in [0.2, 0.25) is 0 Å². The number of halogens is 1. The fourth-order valence-corrected chi connectivity index (χ4v) is 2.57. The molecule has 0 bridgehead atoms. The molecule has 1 aliphatic heterocycles. The lowest BCUT2D eigenvalue weighted by Crippen LogP contribution is -2.41. The van der Waals surface area contributed by atoms with Gasteiger partial charge in [0.15, 0.2) is 0 Å². The maximum atomic E-state index is 12.0. The Bertz CT molecular complexity index is 578. The van der Waals surface area contributed by atoms with E-state index in [1.807, 2.05) is 4.90 Å². The van der Waals surface area contributed by atoms with Gasteiger partial charge in [0, 0.05) is 38.7 Å². The van der Waals surface area contributed by atoms with Crippen LogP contribution in [0.5, 0.6) is 0 Å². The first-order valence-electron chi connectivity index (χ1n) is 7.86. The van der Waals surface area contributed by atoms with Crippen LogP contribution in [0.1, 0.15) is 30.3 Å². The average molecular weight is 356 g/mol. The molecule has 0 radical (unpaired) electrons. The zero-order valence-corrected chi connectivity index (χ0v) is 14.3. The van der Waals surface area contributed by atoms with Gasteiger partial charge < -0.3 is 20.6 Å². The Morgan fingerprint density at radius 1 is 1.42 bits per heavy atom. The van der Waals surface area contributed by atoms with Crippen LogP contribution in [-0.4, -0.2) is 69.4 Å². The summed E-state index contributed by atoms with van der Waals surface area (Å²) in [6.45, 7) is 3.06. The summed E-state index contributed by atoms with van der Waals surface area (Å²) < 4.78 is 0. The number of carbonyl (C=O) groups is 2. The lowest BCUT2D eigenvalue weighted by Gasteiger charge is -2.31. The molecule has 9 heteroatoms. The Kier molecular flexibility index (Phi) is 6.74. The van der Waals surface area contributed by atoms with Crippen molar-refractivity contribution in [2.45, 2.75) is 31.9 Å². The van der Waals surface area contributed by atoms with Crippen molar-refractivity contribution >= 4 is 29.2 Å². The van der Waals surface area contributed by atoms with Gasteiger partial charge in [-0.2, -0.15) is 0 Å². The first-order valence-corrected chi connectivity index (χ1v) is 8.39. The molecule has 3 N–H and O–H groups in total. The number of aliphatic hydroxyl groups is 1. The van der Waals surface area contributed by atoms with Gasteiger partial charge in [0.25, 0.3) is 5.91 Å². The van der Waals surface area contributed by atoms with E-state index in [9.17, 15) is 14.7 Å². The second kappa shape index (κ2) is 8.79. The Hall–Kier alpha value is -1.93. The summed E-state index contributed by atoms with van der Waals surface area (Å²) >= 11 is 5.48. The van der Waals surface area contributed by atoms with Gasteiger partial charge in [-0.15, -0.1) is 11.6 Å². The molecule has 0 aromatic carbocycles. The van der Waals surface area contributed by atoms with Crippen LogP contribution in [0.25, 0.3) is 0 Å². The van der Waals surface area contributed by atoms with Crippen LogP contribution < -0.4 is 10.6 Å². The number of rotatable bonds is 6. The van der Waals surface area contributed by atoms with Crippen LogP contribution in [0.4, 0.5) is 5.82 Å². The highest BCUT2D eigenvalue weighted by molar-refractivity contribution is 6.18. The average Bonchev–Trinajstić information content (AvgIpc) is 2.60. The second-order valence-electron chi connectivity index (χ2n) is 5.73. The molecule has 24 heavy (non-hydrogen) atoms. The van der Waals surface area contributed by atoms with Gasteiger partial charge in [-0.05, 0) is 12.8 Å². The molecular weight excluding hydrogens is 334 g/mol. The molecule has 1 atom stereocenters. The van der Waals surface area contributed by atoms with Crippen LogP contribution in [0.15, 0.2) is 12.4 Å². The number of carbonyl (C=O) groups excluding carboxylic acids is 2. The molecule has 0 saturated carbocycles. The summed E-state index contributed by atoms with van der Waals surface area (Å²) in [4.78, 5) is 33.2. The molecule has 8 nitrogen and oxygen atoms in total. The van der Waals surface area contributed by atoms with E-state index in [0.717, 1.165) is 12.8 Å². The van der Waals surface area contributed by atoms with Crippen molar-refractivity contribution in [2.75, 3.05) is 30.8 Å². The molecular formula is C15H22ClN5O3. The van der Waals surface area contributed by atoms with Crippen molar-refractivity contribution in [3.05, 3.63) is 18.1 Å². The van der Waals surface area contributed by atoms with E-state index in [4.69, 9.17) is 11.6 Å². The van der Waals surface area contributed by atoms with Crippen LogP contribution in [-0.2, 0) is 4.79 Å². The van der Waals surface area contributed by atoms with Gasteiger partial charge in [0.05, 0.1) is 12.0 Å². The molecule has 1 unspecified atom stereocenters. The maximum absolute atomic E-state index is 12.0. The third-order valence-corrected chi connectivity index (χ3v) is 4.22. The zero-order chi connectivity index (χ0) is 17.5. The number of aliphatic hydroxyl groups excluding tert-OH is 1. The number of hydrogen-bond acceptors (Lipinski definition) is 6. The minimum Gasteiger partial charge on any atom is -0.390 e. The third-order valence-electron chi connectivity index (χ3n) is 3.87. The van der Waals surface area contributed by atoms with Crippen molar-refractivity contribution < 1.29 is 14.7 Å². The normalized spacial score (nSPS) is 16.5. The van der Waals surface area contributed by atoms with E-state index >= 15 is 0 Å². The molecule has 1 aliphatic rings. The maximum Gasteiger partial charge on any atom is 0.270 e. The lowest BCUT2D eigenvalue weighted by molar-refractivity contribution is -0.129. The van der Waals surface area contributed by atoms with Crippen LogP contribution in [0, 0.1) is 0 Å². The highest BCUT2D eigenvalue weighted by atomic mass is 35.5. The third kappa shape index (κ3) is 5.31. The number of hydrogen-bond donors (Lipinski definition) is 3. The predicted octanol–water partition coefficient (Wildman–Crippen LogP) is 0.229. The number of aromatic nitrogens is 2. The quantitative estimate of drug-likeness (QED) is 0.630. The highest BCUT2D eigenvalue weighted by Gasteiger charge is 2.21. The summed E-state index contributed by atoms with van der Waals surface area (Å²) in [5.41, 5.74) is 0.218. The first kappa shape index (κ1) is 18.4. The standard InChI is InChI=1S/C15H22ClN5O3/c1-10(22)21-4-2-11(3-5-21)20-14-6-13(18-9-19-14)15(24)17-8-12(23)7-16/h6,9,11-12,23H,2-5,7-8H2,1H3,(H,17,24)(H,18,19,20).